The van der Waals surface area contributed by atoms with E-state index in [0.29, 0.717) is 4.88 Å². The maximum atomic E-state index is 11.7. The fourth-order valence-electron chi connectivity index (χ4n) is 1.71. The Kier molecular flexibility index (Phi) is 4.90. The highest BCUT2D eigenvalue weighted by Crippen LogP contribution is 2.11. The quantitative estimate of drug-likeness (QED) is 0.861. The van der Waals surface area contributed by atoms with Crippen LogP contribution in [0.2, 0.25) is 0 Å². The summed E-state index contributed by atoms with van der Waals surface area (Å²) in [5.41, 5.74) is 1.01. The Hall–Kier alpha value is -2.14. The smallest absolute Gasteiger partial charge is 0.348 e. The zero-order chi connectivity index (χ0) is 14.4. The summed E-state index contributed by atoms with van der Waals surface area (Å²) < 4.78 is 4.94. The summed E-state index contributed by atoms with van der Waals surface area (Å²) in [6, 6.07) is 12.9. The minimum Gasteiger partial charge on any atom is -0.451 e. The third-order valence-corrected chi connectivity index (χ3v) is 3.58. The van der Waals surface area contributed by atoms with Crippen molar-refractivity contribution in [1.82, 2.24) is 5.32 Å². The molecule has 1 atom stereocenters. The molecule has 1 heterocycles. The molecular formula is C15H15NO3S. The van der Waals surface area contributed by atoms with Crippen molar-refractivity contribution in [3.63, 3.8) is 0 Å². The molecule has 0 aliphatic carbocycles. The molecule has 4 nitrogen and oxygen atoms in total. The maximum Gasteiger partial charge on any atom is 0.348 e. The highest BCUT2D eigenvalue weighted by Gasteiger charge is 2.13. The van der Waals surface area contributed by atoms with Crippen LogP contribution in [0.25, 0.3) is 0 Å². The molecule has 2 aromatic rings. The Morgan fingerprint density at radius 1 is 1.20 bits per heavy atom. The highest BCUT2D eigenvalue weighted by molar-refractivity contribution is 7.11. The van der Waals surface area contributed by atoms with Crippen LogP contribution in [0, 0.1) is 0 Å². The number of carbonyl (C=O) groups excluding carboxylic acids is 2. The average molecular weight is 289 g/mol. The van der Waals surface area contributed by atoms with Crippen LogP contribution in [-0.4, -0.2) is 18.5 Å². The molecule has 104 valence electrons. The van der Waals surface area contributed by atoms with Gasteiger partial charge < -0.3 is 10.1 Å². The van der Waals surface area contributed by atoms with E-state index >= 15 is 0 Å². The molecule has 1 aromatic heterocycles. The second-order valence-corrected chi connectivity index (χ2v) is 5.20. The van der Waals surface area contributed by atoms with Crippen LogP contribution in [-0.2, 0) is 9.53 Å². The van der Waals surface area contributed by atoms with Crippen molar-refractivity contribution in [2.45, 2.75) is 13.0 Å². The van der Waals surface area contributed by atoms with E-state index in [0.717, 1.165) is 5.56 Å². The van der Waals surface area contributed by atoms with Gasteiger partial charge >= 0.3 is 5.97 Å². The summed E-state index contributed by atoms with van der Waals surface area (Å²) in [5.74, 6) is -0.784. The van der Waals surface area contributed by atoms with Gasteiger partial charge in [-0.1, -0.05) is 36.4 Å². The van der Waals surface area contributed by atoms with E-state index in [1.165, 1.54) is 11.3 Å². The van der Waals surface area contributed by atoms with Crippen LogP contribution >= 0.6 is 11.3 Å². The standard InChI is InChI=1S/C15H15NO3S/c1-11(12-6-3-2-4-7-12)16-14(17)10-19-15(18)13-8-5-9-20-13/h2-9,11H,10H2,1H3,(H,16,17)/t11-/m0/s1. The zero-order valence-corrected chi connectivity index (χ0v) is 11.9. The van der Waals surface area contributed by atoms with Crippen LogP contribution in [0.3, 0.4) is 0 Å². The number of ether oxygens (including phenoxy) is 1. The predicted molar refractivity (Wildman–Crippen MR) is 77.6 cm³/mol. The Morgan fingerprint density at radius 2 is 1.95 bits per heavy atom. The van der Waals surface area contributed by atoms with Crippen LogP contribution < -0.4 is 5.32 Å². The summed E-state index contributed by atoms with van der Waals surface area (Å²) in [6.45, 7) is 1.61. The van der Waals surface area contributed by atoms with E-state index in [9.17, 15) is 9.59 Å². The molecule has 0 aliphatic rings. The van der Waals surface area contributed by atoms with E-state index in [-0.39, 0.29) is 18.6 Å². The van der Waals surface area contributed by atoms with E-state index < -0.39 is 5.97 Å². The number of hydrogen-bond acceptors (Lipinski definition) is 4. The molecule has 0 unspecified atom stereocenters. The molecule has 0 radical (unpaired) electrons. The number of thiophene rings is 1. The lowest BCUT2D eigenvalue weighted by atomic mass is 10.1. The number of benzene rings is 1. The Bertz CT molecular complexity index is 566. The largest absolute Gasteiger partial charge is 0.451 e. The summed E-state index contributed by atoms with van der Waals surface area (Å²) in [6.07, 6.45) is 0. The fourth-order valence-corrected chi connectivity index (χ4v) is 2.32. The molecule has 1 aromatic carbocycles. The molecule has 1 N–H and O–H groups in total. The van der Waals surface area contributed by atoms with Crippen molar-refractivity contribution >= 4 is 23.2 Å². The van der Waals surface area contributed by atoms with Crippen LogP contribution in [0.1, 0.15) is 28.2 Å². The summed E-state index contributed by atoms with van der Waals surface area (Å²) in [7, 11) is 0. The lowest BCUT2D eigenvalue weighted by molar-refractivity contribution is -0.124. The topological polar surface area (TPSA) is 55.4 Å². The Labute approximate surface area is 121 Å². The third kappa shape index (κ3) is 3.93. The van der Waals surface area contributed by atoms with Gasteiger partial charge in [0.25, 0.3) is 5.91 Å². The third-order valence-electron chi connectivity index (χ3n) is 2.73. The van der Waals surface area contributed by atoms with Crippen molar-refractivity contribution in [2.24, 2.45) is 0 Å². The molecule has 0 saturated carbocycles. The van der Waals surface area contributed by atoms with Crippen molar-refractivity contribution in [2.75, 3.05) is 6.61 Å². The number of amides is 1. The van der Waals surface area contributed by atoms with Crippen LogP contribution in [0.5, 0.6) is 0 Å². The lowest BCUT2D eigenvalue weighted by Crippen LogP contribution is -2.31. The fraction of sp³-hybridized carbons (Fsp3) is 0.200. The first-order valence-corrected chi connectivity index (χ1v) is 7.09. The average Bonchev–Trinajstić information content (AvgIpc) is 3.00. The normalized spacial score (nSPS) is 11.7. The van der Waals surface area contributed by atoms with E-state index in [2.05, 4.69) is 5.32 Å². The SMILES string of the molecule is C[C@H](NC(=O)COC(=O)c1cccs1)c1ccccc1. The van der Waals surface area contributed by atoms with Gasteiger partial charge in [-0.2, -0.15) is 0 Å². The van der Waals surface area contributed by atoms with Gasteiger partial charge in [-0.15, -0.1) is 11.3 Å². The number of esters is 1. The number of rotatable bonds is 5. The molecular weight excluding hydrogens is 274 g/mol. The summed E-state index contributed by atoms with van der Waals surface area (Å²) in [4.78, 5) is 23.8. The minimum absolute atomic E-state index is 0.121. The van der Waals surface area contributed by atoms with Gasteiger partial charge in [0.15, 0.2) is 6.61 Å². The minimum atomic E-state index is -0.470. The summed E-state index contributed by atoms with van der Waals surface area (Å²) >= 11 is 1.29. The zero-order valence-electron chi connectivity index (χ0n) is 11.0. The monoisotopic (exact) mass is 289 g/mol. The first-order valence-electron chi connectivity index (χ1n) is 6.22. The summed E-state index contributed by atoms with van der Waals surface area (Å²) in [5, 5.41) is 4.57. The van der Waals surface area contributed by atoms with Gasteiger partial charge in [-0.25, -0.2) is 4.79 Å². The van der Waals surface area contributed by atoms with Crippen molar-refractivity contribution in [3.05, 3.63) is 58.3 Å². The molecule has 0 bridgehead atoms. The van der Waals surface area contributed by atoms with Gasteiger partial charge in [0.05, 0.1) is 6.04 Å². The van der Waals surface area contributed by atoms with Crippen LogP contribution in [0.15, 0.2) is 47.8 Å². The van der Waals surface area contributed by atoms with E-state index in [1.54, 1.807) is 17.5 Å². The molecule has 0 spiro atoms. The number of hydrogen-bond donors (Lipinski definition) is 1. The first-order chi connectivity index (χ1) is 9.66. The molecule has 5 heteroatoms. The van der Waals surface area contributed by atoms with Gasteiger partial charge in [0.1, 0.15) is 4.88 Å². The van der Waals surface area contributed by atoms with E-state index in [4.69, 9.17) is 4.74 Å². The van der Waals surface area contributed by atoms with E-state index in [1.807, 2.05) is 37.3 Å². The van der Waals surface area contributed by atoms with Crippen molar-refractivity contribution in [3.8, 4) is 0 Å². The number of nitrogens with one attached hydrogen (secondary N) is 1. The van der Waals surface area contributed by atoms with Crippen molar-refractivity contribution < 1.29 is 14.3 Å². The van der Waals surface area contributed by atoms with Gasteiger partial charge in [0.2, 0.25) is 0 Å². The molecule has 0 aliphatic heterocycles. The van der Waals surface area contributed by atoms with Crippen LogP contribution in [0.4, 0.5) is 0 Å². The predicted octanol–water partition coefficient (Wildman–Crippen LogP) is 2.78. The molecule has 1 amide bonds. The van der Waals surface area contributed by atoms with Gasteiger partial charge in [-0.3, -0.25) is 4.79 Å². The molecule has 2 rings (SSSR count). The second kappa shape index (κ2) is 6.86. The van der Waals surface area contributed by atoms with Crippen molar-refractivity contribution in [1.29, 1.82) is 0 Å². The molecule has 20 heavy (non-hydrogen) atoms. The Morgan fingerprint density at radius 3 is 2.60 bits per heavy atom. The van der Waals surface area contributed by atoms with Gasteiger partial charge in [0, 0.05) is 0 Å². The second-order valence-electron chi connectivity index (χ2n) is 4.25. The molecule has 0 fully saturated rings. The Balaban J connectivity index is 1.80. The lowest BCUT2D eigenvalue weighted by Gasteiger charge is -2.14. The molecule has 0 saturated heterocycles. The number of carbonyl (C=O) groups is 2. The van der Waals surface area contributed by atoms with Gasteiger partial charge in [-0.05, 0) is 23.9 Å². The highest BCUT2D eigenvalue weighted by atomic mass is 32.1. The first kappa shape index (κ1) is 14.3. The maximum absolute atomic E-state index is 11.7.